The van der Waals surface area contributed by atoms with Crippen molar-refractivity contribution in [2.75, 3.05) is 6.61 Å². The molecule has 0 N–H and O–H groups in total. The Kier molecular flexibility index (Phi) is 3.78. The first kappa shape index (κ1) is 14.1. The number of ether oxygens (including phenoxy) is 1. The lowest BCUT2D eigenvalue weighted by Gasteiger charge is -2.11. The lowest BCUT2D eigenvalue weighted by Crippen LogP contribution is -2.28. The molecule has 1 heterocycles. The largest absolute Gasteiger partial charge is 0.448 e. The predicted molar refractivity (Wildman–Crippen MR) is 84.2 cm³/mol. The van der Waals surface area contributed by atoms with Crippen molar-refractivity contribution in [1.29, 1.82) is 0 Å². The van der Waals surface area contributed by atoms with Gasteiger partial charge in [0, 0.05) is 0 Å². The molecule has 22 heavy (non-hydrogen) atoms. The Labute approximate surface area is 127 Å². The van der Waals surface area contributed by atoms with Crippen LogP contribution in [0, 0.1) is 0 Å². The summed E-state index contributed by atoms with van der Waals surface area (Å²) >= 11 is 0. The molecule has 0 saturated heterocycles. The summed E-state index contributed by atoms with van der Waals surface area (Å²) in [4.78, 5) is 24.9. The Morgan fingerprint density at radius 3 is 2.45 bits per heavy atom. The number of aromatic nitrogens is 2. The summed E-state index contributed by atoms with van der Waals surface area (Å²) in [6.07, 6.45) is -0.545. The van der Waals surface area contributed by atoms with Crippen LogP contribution in [0.2, 0.25) is 0 Å². The van der Waals surface area contributed by atoms with Crippen molar-refractivity contribution in [2.24, 2.45) is 0 Å². The number of rotatable bonds is 3. The normalized spacial score (nSPS) is 10.8. The van der Waals surface area contributed by atoms with Gasteiger partial charge in [-0.05, 0) is 24.6 Å². The molecule has 0 radical (unpaired) electrons. The van der Waals surface area contributed by atoms with E-state index in [1.54, 1.807) is 31.2 Å². The summed E-state index contributed by atoms with van der Waals surface area (Å²) in [6, 6.07) is 16.6. The number of hydrogen-bond donors (Lipinski definition) is 0. The van der Waals surface area contributed by atoms with Crippen molar-refractivity contribution in [3.63, 3.8) is 0 Å². The third-order valence-corrected chi connectivity index (χ3v) is 3.45. The fraction of sp³-hybridized carbons (Fsp3) is 0.176. The summed E-state index contributed by atoms with van der Waals surface area (Å²) in [7, 11) is 0. The van der Waals surface area contributed by atoms with Gasteiger partial charge in [0.1, 0.15) is 0 Å². The van der Waals surface area contributed by atoms with Gasteiger partial charge in [0.25, 0.3) is 5.56 Å². The zero-order valence-corrected chi connectivity index (χ0v) is 12.2. The summed E-state index contributed by atoms with van der Waals surface area (Å²) in [5.41, 5.74) is 1.30. The summed E-state index contributed by atoms with van der Waals surface area (Å²) in [5, 5.41) is 0.506. The van der Waals surface area contributed by atoms with Gasteiger partial charge in [-0.3, -0.25) is 4.79 Å². The Morgan fingerprint density at radius 2 is 1.73 bits per heavy atom. The maximum atomic E-state index is 12.6. The highest BCUT2D eigenvalue weighted by atomic mass is 16.6. The summed E-state index contributed by atoms with van der Waals surface area (Å²) in [6.45, 7) is 2.31. The highest BCUT2D eigenvalue weighted by Crippen LogP contribution is 2.13. The highest BCUT2D eigenvalue weighted by Gasteiger charge is 2.19. The maximum absolute atomic E-state index is 12.6. The van der Waals surface area contributed by atoms with Crippen LogP contribution in [0.25, 0.3) is 10.9 Å². The average molecular weight is 296 g/mol. The molecule has 5 heteroatoms. The lowest BCUT2D eigenvalue weighted by atomic mass is 10.2. The van der Waals surface area contributed by atoms with E-state index in [4.69, 9.17) is 4.74 Å². The molecule has 0 aliphatic carbocycles. The van der Waals surface area contributed by atoms with Crippen LogP contribution >= 0.6 is 0 Å². The minimum Gasteiger partial charge on any atom is -0.448 e. The molecule has 0 aliphatic rings. The molecular formula is C17H16N2O3. The Bertz CT molecular complexity index is 862. The second-order valence-corrected chi connectivity index (χ2v) is 4.88. The third-order valence-electron chi connectivity index (χ3n) is 3.45. The number of para-hydroxylation sites is 1. The Balaban J connectivity index is 2.19. The molecule has 2 aromatic carbocycles. The van der Waals surface area contributed by atoms with E-state index in [1.807, 2.05) is 30.3 Å². The predicted octanol–water partition coefficient (Wildman–Crippen LogP) is 2.86. The smallest absolute Gasteiger partial charge is 0.433 e. The number of carbonyl (C=O) groups excluding carboxylic acids is 1. The number of carbonyl (C=O) groups is 1. The van der Waals surface area contributed by atoms with Gasteiger partial charge in [0.05, 0.1) is 24.1 Å². The van der Waals surface area contributed by atoms with E-state index >= 15 is 0 Å². The number of nitrogens with zero attached hydrogens (tertiary/aromatic N) is 2. The van der Waals surface area contributed by atoms with E-state index in [-0.39, 0.29) is 12.2 Å². The quantitative estimate of drug-likeness (QED) is 0.747. The van der Waals surface area contributed by atoms with Crippen molar-refractivity contribution >= 4 is 17.0 Å². The first-order valence-corrected chi connectivity index (χ1v) is 7.14. The number of benzene rings is 2. The summed E-state index contributed by atoms with van der Waals surface area (Å²) in [5.74, 6) is 0. The van der Waals surface area contributed by atoms with Crippen LogP contribution in [-0.4, -0.2) is 22.1 Å². The standard InChI is InChI=1S/C17H16N2O3/c1-2-22-17(21)19-15-11-7-6-10-14(15)16(20)18(19)12-13-8-4-3-5-9-13/h3-11H,2,12H2,1H3. The van der Waals surface area contributed by atoms with Gasteiger partial charge in [-0.25, -0.2) is 9.48 Å². The van der Waals surface area contributed by atoms with Crippen LogP contribution in [0.5, 0.6) is 0 Å². The van der Waals surface area contributed by atoms with E-state index < -0.39 is 6.09 Å². The first-order chi connectivity index (χ1) is 10.7. The second kappa shape index (κ2) is 5.89. The molecule has 3 aromatic rings. The molecule has 5 nitrogen and oxygen atoms in total. The Morgan fingerprint density at radius 1 is 1.05 bits per heavy atom. The third kappa shape index (κ3) is 2.41. The van der Waals surface area contributed by atoms with Gasteiger partial charge in [0.15, 0.2) is 0 Å². The molecule has 0 aliphatic heterocycles. The number of fused-ring (bicyclic) bond motifs is 1. The number of hydrogen-bond acceptors (Lipinski definition) is 3. The fourth-order valence-electron chi connectivity index (χ4n) is 2.48. The van der Waals surface area contributed by atoms with Crippen LogP contribution in [0.1, 0.15) is 12.5 Å². The molecule has 0 atom stereocenters. The highest BCUT2D eigenvalue weighted by molar-refractivity contribution is 5.87. The van der Waals surface area contributed by atoms with Crippen LogP contribution in [-0.2, 0) is 11.3 Å². The Hall–Kier alpha value is -2.82. The molecule has 0 fully saturated rings. The van der Waals surface area contributed by atoms with Crippen LogP contribution in [0.4, 0.5) is 4.79 Å². The van der Waals surface area contributed by atoms with E-state index in [9.17, 15) is 9.59 Å². The lowest BCUT2D eigenvalue weighted by molar-refractivity contribution is 0.147. The van der Waals surface area contributed by atoms with Crippen molar-refractivity contribution in [2.45, 2.75) is 13.5 Å². The fourth-order valence-corrected chi connectivity index (χ4v) is 2.48. The van der Waals surface area contributed by atoms with Gasteiger partial charge < -0.3 is 4.74 Å². The van der Waals surface area contributed by atoms with Crippen molar-refractivity contribution < 1.29 is 9.53 Å². The van der Waals surface area contributed by atoms with Gasteiger partial charge >= 0.3 is 6.09 Å². The molecular weight excluding hydrogens is 280 g/mol. The molecule has 1 aromatic heterocycles. The van der Waals surface area contributed by atoms with Gasteiger partial charge in [-0.1, -0.05) is 42.5 Å². The molecule has 0 spiro atoms. The zero-order valence-electron chi connectivity index (χ0n) is 12.2. The van der Waals surface area contributed by atoms with Crippen LogP contribution < -0.4 is 5.56 Å². The van der Waals surface area contributed by atoms with Gasteiger partial charge in [-0.2, -0.15) is 4.68 Å². The van der Waals surface area contributed by atoms with Crippen molar-refractivity contribution in [3.05, 3.63) is 70.5 Å². The molecule has 0 amide bonds. The van der Waals surface area contributed by atoms with Crippen molar-refractivity contribution in [3.8, 4) is 0 Å². The SMILES string of the molecule is CCOC(=O)n1c2ccccc2c(=O)n1Cc1ccccc1. The monoisotopic (exact) mass is 296 g/mol. The van der Waals surface area contributed by atoms with E-state index in [2.05, 4.69) is 0 Å². The molecule has 0 bridgehead atoms. The molecule has 0 saturated carbocycles. The molecule has 112 valence electrons. The maximum Gasteiger partial charge on any atom is 0.433 e. The van der Waals surface area contributed by atoms with Crippen LogP contribution in [0.3, 0.4) is 0 Å². The van der Waals surface area contributed by atoms with Crippen LogP contribution in [0.15, 0.2) is 59.4 Å². The summed E-state index contributed by atoms with van der Waals surface area (Å²) < 4.78 is 7.82. The minimum absolute atomic E-state index is 0.201. The second-order valence-electron chi connectivity index (χ2n) is 4.88. The van der Waals surface area contributed by atoms with E-state index in [0.717, 1.165) is 5.56 Å². The molecule has 0 unspecified atom stereocenters. The first-order valence-electron chi connectivity index (χ1n) is 7.14. The zero-order chi connectivity index (χ0) is 15.5. The van der Waals surface area contributed by atoms with Gasteiger partial charge in [-0.15, -0.1) is 0 Å². The molecule has 3 rings (SSSR count). The van der Waals surface area contributed by atoms with E-state index in [1.165, 1.54) is 9.36 Å². The topological polar surface area (TPSA) is 53.2 Å². The van der Waals surface area contributed by atoms with Crippen molar-refractivity contribution in [1.82, 2.24) is 9.36 Å². The minimum atomic E-state index is -0.545. The van der Waals surface area contributed by atoms with E-state index in [0.29, 0.717) is 17.4 Å². The average Bonchev–Trinajstić information content (AvgIpc) is 2.82. The van der Waals surface area contributed by atoms with Gasteiger partial charge in [0.2, 0.25) is 0 Å².